The van der Waals surface area contributed by atoms with Crippen LogP contribution in [0.4, 0.5) is 5.82 Å². The third-order valence-electron chi connectivity index (χ3n) is 2.78. The van der Waals surface area contributed by atoms with Crippen LogP contribution in [0, 0.1) is 6.92 Å². The molecule has 0 saturated heterocycles. The Balaban J connectivity index is 2.25. The van der Waals surface area contributed by atoms with E-state index >= 15 is 0 Å². The van der Waals surface area contributed by atoms with E-state index in [0.29, 0.717) is 11.5 Å². The van der Waals surface area contributed by atoms with Crippen LogP contribution in [0.2, 0.25) is 0 Å². The molecule has 0 atom stereocenters. The molecule has 2 N–H and O–H groups in total. The first-order valence-corrected chi connectivity index (χ1v) is 6.36. The molecule has 2 rings (SSSR count). The van der Waals surface area contributed by atoms with Gasteiger partial charge in [-0.1, -0.05) is 42.0 Å². The quantitative estimate of drug-likeness (QED) is 0.863. The van der Waals surface area contributed by atoms with Gasteiger partial charge < -0.3 is 10.6 Å². The predicted molar refractivity (Wildman–Crippen MR) is 81.2 cm³/mol. The maximum absolute atomic E-state index is 5.67. The molecule has 0 amide bonds. The van der Waals surface area contributed by atoms with Gasteiger partial charge in [-0.3, -0.25) is 0 Å². The Bertz CT molecular complexity index is 598. The van der Waals surface area contributed by atoms with Gasteiger partial charge in [-0.25, -0.2) is 9.97 Å². The fourth-order valence-electron chi connectivity index (χ4n) is 1.94. The molecule has 1 aromatic carbocycles. The van der Waals surface area contributed by atoms with E-state index in [1.54, 1.807) is 12.4 Å². The SMILES string of the molecule is Cc1cccc(CN(C)c2nccnc2C(N)=S)c1. The average Bonchev–Trinajstić information content (AvgIpc) is 2.38. The summed E-state index contributed by atoms with van der Waals surface area (Å²) in [5.74, 6) is 0.705. The molecule has 2 aromatic rings. The van der Waals surface area contributed by atoms with Crippen molar-refractivity contribution in [2.75, 3.05) is 11.9 Å². The Morgan fingerprint density at radius 2 is 2.05 bits per heavy atom. The summed E-state index contributed by atoms with van der Waals surface area (Å²) in [6.45, 7) is 2.81. The summed E-state index contributed by atoms with van der Waals surface area (Å²) < 4.78 is 0. The number of thiocarbonyl (C=S) groups is 1. The van der Waals surface area contributed by atoms with E-state index in [1.807, 2.05) is 18.0 Å². The van der Waals surface area contributed by atoms with E-state index in [2.05, 4.69) is 35.1 Å². The Morgan fingerprint density at radius 3 is 2.74 bits per heavy atom. The van der Waals surface area contributed by atoms with Crippen molar-refractivity contribution in [3.8, 4) is 0 Å². The number of aryl methyl sites for hydroxylation is 1. The van der Waals surface area contributed by atoms with Crippen LogP contribution in [0.5, 0.6) is 0 Å². The number of anilines is 1. The fourth-order valence-corrected chi connectivity index (χ4v) is 2.09. The van der Waals surface area contributed by atoms with Gasteiger partial charge in [-0.05, 0) is 12.5 Å². The first-order valence-electron chi connectivity index (χ1n) is 5.95. The zero-order valence-electron chi connectivity index (χ0n) is 11.0. The number of benzene rings is 1. The predicted octanol–water partition coefficient (Wildman–Crippen LogP) is 2.06. The second-order valence-corrected chi connectivity index (χ2v) is 4.88. The number of hydrogen-bond acceptors (Lipinski definition) is 4. The first-order chi connectivity index (χ1) is 9.08. The Kier molecular flexibility index (Phi) is 4.06. The normalized spacial score (nSPS) is 10.2. The molecule has 5 heteroatoms. The molecule has 0 spiro atoms. The van der Waals surface area contributed by atoms with Crippen LogP contribution in [-0.2, 0) is 6.54 Å². The Hall–Kier alpha value is -2.01. The van der Waals surface area contributed by atoms with E-state index in [1.165, 1.54) is 11.1 Å². The molecule has 0 aliphatic carbocycles. The molecule has 1 aromatic heterocycles. The van der Waals surface area contributed by atoms with Crippen molar-refractivity contribution in [2.24, 2.45) is 5.73 Å². The van der Waals surface area contributed by atoms with Crippen molar-refractivity contribution in [1.29, 1.82) is 0 Å². The molecule has 0 radical (unpaired) electrons. The molecule has 0 saturated carbocycles. The van der Waals surface area contributed by atoms with Crippen LogP contribution in [0.25, 0.3) is 0 Å². The summed E-state index contributed by atoms with van der Waals surface area (Å²) in [5, 5.41) is 0. The first kappa shape index (κ1) is 13.4. The highest BCUT2D eigenvalue weighted by Crippen LogP contribution is 2.16. The minimum absolute atomic E-state index is 0.263. The van der Waals surface area contributed by atoms with Crippen molar-refractivity contribution in [3.63, 3.8) is 0 Å². The fraction of sp³-hybridized carbons (Fsp3) is 0.214. The standard InChI is InChI=1S/C14H16N4S/c1-10-4-3-5-11(8-10)9-18(2)14-12(13(15)19)16-6-7-17-14/h3-8H,9H2,1-2H3,(H2,15,19). The van der Waals surface area contributed by atoms with Gasteiger partial charge in [0.1, 0.15) is 10.7 Å². The maximum Gasteiger partial charge on any atom is 0.157 e. The molecule has 0 aliphatic rings. The van der Waals surface area contributed by atoms with Crippen molar-refractivity contribution in [3.05, 3.63) is 53.5 Å². The summed E-state index contributed by atoms with van der Waals surface area (Å²) >= 11 is 5.00. The van der Waals surface area contributed by atoms with E-state index in [4.69, 9.17) is 18.0 Å². The highest BCUT2D eigenvalue weighted by atomic mass is 32.1. The lowest BCUT2D eigenvalue weighted by atomic mass is 10.1. The van der Waals surface area contributed by atoms with Gasteiger partial charge >= 0.3 is 0 Å². The lowest BCUT2D eigenvalue weighted by molar-refractivity contribution is 0.886. The largest absolute Gasteiger partial charge is 0.388 e. The average molecular weight is 272 g/mol. The number of nitrogens with two attached hydrogens (primary N) is 1. The van der Waals surface area contributed by atoms with Crippen molar-refractivity contribution in [1.82, 2.24) is 9.97 Å². The van der Waals surface area contributed by atoms with E-state index in [-0.39, 0.29) is 4.99 Å². The van der Waals surface area contributed by atoms with Crippen LogP contribution in [0.1, 0.15) is 16.8 Å². The number of hydrogen-bond donors (Lipinski definition) is 1. The lowest BCUT2D eigenvalue weighted by Gasteiger charge is -2.20. The highest BCUT2D eigenvalue weighted by molar-refractivity contribution is 7.80. The molecule has 1 heterocycles. The van der Waals surface area contributed by atoms with Gasteiger partial charge in [0, 0.05) is 26.0 Å². The van der Waals surface area contributed by atoms with E-state index in [9.17, 15) is 0 Å². The molecule has 0 bridgehead atoms. The monoisotopic (exact) mass is 272 g/mol. The number of rotatable bonds is 4. The lowest BCUT2D eigenvalue weighted by Crippen LogP contribution is -2.23. The Labute approximate surface area is 118 Å². The molecule has 4 nitrogen and oxygen atoms in total. The van der Waals surface area contributed by atoms with Crippen molar-refractivity contribution >= 4 is 23.0 Å². The summed E-state index contributed by atoms with van der Waals surface area (Å²) in [5.41, 5.74) is 8.68. The Morgan fingerprint density at radius 1 is 1.32 bits per heavy atom. The van der Waals surface area contributed by atoms with Crippen LogP contribution >= 0.6 is 12.2 Å². The van der Waals surface area contributed by atoms with E-state index in [0.717, 1.165) is 6.54 Å². The smallest absolute Gasteiger partial charge is 0.157 e. The molecular formula is C14H16N4S. The molecule has 0 fully saturated rings. The zero-order chi connectivity index (χ0) is 13.8. The van der Waals surface area contributed by atoms with Crippen molar-refractivity contribution in [2.45, 2.75) is 13.5 Å². The highest BCUT2D eigenvalue weighted by Gasteiger charge is 2.12. The summed E-state index contributed by atoms with van der Waals surface area (Å²) in [4.78, 5) is 10.8. The topological polar surface area (TPSA) is 55.0 Å². The zero-order valence-corrected chi connectivity index (χ0v) is 11.8. The third kappa shape index (κ3) is 3.26. The summed E-state index contributed by atoms with van der Waals surface area (Å²) in [6, 6.07) is 8.35. The third-order valence-corrected chi connectivity index (χ3v) is 2.97. The van der Waals surface area contributed by atoms with Gasteiger partial charge in [0.2, 0.25) is 0 Å². The van der Waals surface area contributed by atoms with Gasteiger partial charge in [0.15, 0.2) is 5.82 Å². The molecule has 19 heavy (non-hydrogen) atoms. The van der Waals surface area contributed by atoms with Gasteiger partial charge in [-0.2, -0.15) is 0 Å². The van der Waals surface area contributed by atoms with Crippen LogP contribution in [0.15, 0.2) is 36.7 Å². The maximum atomic E-state index is 5.67. The molecule has 98 valence electrons. The van der Waals surface area contributed by atoms with Crippen molar-refractivity contribution < 1.29 is 0 Å². The molecular weight excluding hydrogens is 256 g/mol. The van der Waals surface area contributed by atoms with Crippen LogP contribution in [-0.4, -0.2) is 22.0 Å². The second-order valence-electron chi connectivity index (χ2n) is 4.44. The van der Waals surface area contributed by atoms with Gasteiger partial charge in [-0.15, -0.1) is 0 Å². The number of nitrogens with zero attached hydrogens (tertiary/aromatic N) is 3. The minimum Gasteiger partial charge on any atom is -0.388 e. The minimum atomic E-state index is 0.263. The van der Waals surface area contributed by atoms with Gasteiger partial charge in [0.05, 0.1) is 0 Å². The van der Waals surface area contributed by atoms with E-state index < -0.39 is 0 Å². The summed E-state index contributed by atoms with van der Waals surface area (Å²) in [6.07, 6.45) is 3.24. The van der Waals surface area contributed by atoms with Gasteiger partial charge in [0.25, 0.3) is 0 Å². The molecule has 0 unspecified atom stereocenters. The number of aromatic nitrogens is 2. The van der Waals surface area contributed by atoms with Crippen LogP contribution < -0.4 is 10.6 Å². The summed E-state index contributed by atoms with van der Waals surface area (Å²) in [7, 11) is 1.95. The second kappa shape index (κ2) is 5.75. The molecule has 0 aliphatic heterocycles. The van der Waals surface area contributed by atoms with Crippen LogP contribution in [0.3, 0.4) is 0 Å².